The highest BCUT2D eigenvalue weighted by Gasteiger charge is 2.25. The minimum Gasteiger partial charge on any atom is -0.346 e. The molecule has 0 radical (unpaired) electrons. The van der Waals surface area contributed by atoms with Gasteiger partial charge in [0.15, 0.2) is 0 Å². The average Bonchev–Trinajstić information content (AvgIpc) is 3.04. The largest absolute Gasteiger partial charge is 0.346 e. The first kappa shape index (κ1) is 17.6. The van der Waals surface area contributed by atoms with Crippen LogP contribution in [-0.4, -0.2) is 26.1 Å². The molecule has 0 saturated carbocycles. The number of nitrogens with zero attached hydrogens (tertiary/aromatic N) is 1. The predicted molar refractivity (Wildman–Crippen MR) is 104 cm³/mol. The Hall–Kier alpha value is -1.82. The molecule has 1 aliphatic heterocycles. The smallest absolute Gasteiger partial charge is 0.208 e. The predicted octanol–water partition coefficient (Wildman–Crippen LogP) is 4.13. The summed E-state index contributed by atoms with van der Waals surface area (Å²) in [5.41, 5.74) is 0.880. The fourth-order valence-electron chi connectivity index (χ4n) is 3.70. The lowest BCUT2D eigenvalue weighted by Gasteiger charge is -2.23. The van der Waals surface area contributed by atoms with E-state index >= 15 is 0 Å². The van der Waals surface area contributed by atoms with Crippen LogP contribution in [0.5, 0.6) is 0 Å². The van der Waals surface area contributed by atoms with Crippen LogP contribution in [0.1, 0.15) is 12.8 Å². The van der Waals surface area contributed by atoms with Gasteiger partial charge in [-0.1, -0.05) is 35.9 Å². The first-order valence-corrected chi connectivity index (χ1v) is 10.7. The molecule has 136 valence electrons. The lowest BCUT2D eigenvalue weighted by Crippen LogP contribution is -2.29. The second kappa shape index (κ2) is 7.06. The van der Waals surface area contributed by atoms with Crippen molar-refractivity contribution in [2.24, 2.45) is 5.92 Å². The van der Waals surface area contributed by atoms with E-state index in [1.54, 1.807) is 36.5 Å². The molecule has 26 heavy (non-hydrogen) atoms. The Morgan fingerprint density at radius 2 is 1.77 bits per heavy atom. The zero-order chi connectivity index (χ0) is 18.1. The molecule has 1 N–H and O–H groups in total. The Bertz CT molecular complexity index is 1020. The zero-order valence-corrected chi connectivity index (χ0v) is 15.9. The molecule has 0 bridgehead atoms. The Morgan fingerprint density at radius 3 is 2.50 bits per heavy atom. The molecule has 2 heterocycles. The van der Waals surface area contributed by atoms with Gasteiger partial charge in [0.2, 0.25) is 9.84 Å². The zero-order valence-electron chi connectivity index (χ0n) is 14.4. The van der Waals surface area contributed by atoms with Crippen LogP contribution in [-0.2, 0) is 16.4 Å². The van der Waals surface area contributed by atoms with Crippen LogP contribution in [0.3, 0.4) is 0 Å². The number of hydrogen-bond acceptors (Lipinski definition) is 3. The molecule has 1 aromatic heterocycles. The van der Waals surface area contributed by atoms with E-state index in [9.17, 15) is 8.42 Å². The molecule has 0 aliphatic carbocycles. The molecular weight excluding hydrogens is 368 g/mol. The highest BCUT2D eigenvalue weighted by molar-refractivity contribution is 7.91. The molecule has 0 spiro atoms. The van der Waals surface area contributed by atoms with Gasteiger partial charge in [-0.05, 0) is 56.1 Å². The first-order valence-electron chi connectivity index (χ1n) is 8.85. The number of aromatic nitrogens is 1. The van der Waals surface area contributed by atoms with Gasteiger partial charge in [0, 0.05) is 18.1 Å². The highest BCUT2D eigenvalue weighted by atomic mass is 35.5. The standard InChI is InChI=1S/C20H21ClN2O2S/c21-17-7-4-8-18-20(17)19(26(24,25)16-5-2-1-3-6-16)14-23(18)13-15-9-11-22-12-10-15/h1-8,14-15,22H,9-13H2. The fourth-order valence-corrected chi connectivity index (χ4v) is 5.54. The van der Waals surface area contributed by atoms with Gasteiger partial charge >= 0.3 is 0 Å². The average molecular weight is 389 g/mol. The molecule has 4 rings (SSSR count). The van der Waals surface area contributed by atoms with Gasteiger partial charge in [0.05, 0.1) is 20.3 Å². The van der Waals surface area contributed by atoms with Crippen molar-refractivity contribution < 1.29 is 8.42 Å². The summed E-state index contributed by atoms with van der Waals surface area (Å²) in [6.07, 6.45) is 3.96. The van der Waals surface area contributed by atoms with E-state index in [-0.39, 0.29) is 0 Å². The SMILES string of the molecule is O=S(=O)(c1ccccc1)c1cn(CC2CCNCC2)c2cccc(Cl)c12. The van der Waals surface area contributed by atoms with Crippen molar-refractivity contribution in [1.29, 1.82) is 0 Å². The van der Waals surface area contributed by atoms with Gasteiger partial charge in [-0.2, -0.15) is 0 Å². The summed E-state index contributed by atoms with van der Waals surface area (Å²) < 4.78 is 28.5. The maximum Gasteiger partial charge on any atom is 0.208 e. The lowest BCUT2D eigenvalue weighted by molar-refractivity contribution is 0.336. The normalized spacial score (nSPS) is 16.2. The van der Waals surface area contributed by atoms with Gasteiger partial charge in [0.25, 0.3) is 0 Å². The second-order valence-electron chi connectivity index (χ2n) is 6.79. The van der Waals surface area contributed by atoms with Crippen LogP contribution in [0.4, 0.5) is 0 Å². The fraction of sp³-hybridized carbons (Fsp3) is 0.300. The van der Waals surface area contributed by atoms with Crippen molar-refractivity contribution in [2.75, 3.05) is 13.1 Å². The number of sulfone groups is 1. The third kappa shape index (κ3) is 3.15. The summed E-state index contributed by atoms with van der Waals surface area (Å²) in [6, 6.07) is 14.1. The van der Waals surface area contributed by atoms with Gasteiger partial charge in [0.1, 0.15) is 0 Å². The molecule has 2 aromatic carbocycles. The minimum absolute atomic E-state index is 0.290. The Balaban J connectivity index is 1.85. The quantitative estimate of drug-likeness (QED) is 0.731. The number of rotatable bonds is 4. The third-order valence-electron chi connectivity index (χ3n) is 5.08. The van der Waals surface area contributed by atoms with E-state index in [0.717, 1.165) is 38.0 Å². The van der Waals surface area contributed by atoms with E-state index in [0.29, 0.717) is 26.1 Å². The summed E-state index contributed by atoms with van der Waals surface area (Å²) in [5, 5.41) is 4.46. The van der Waals surface area contributed by atoms with Gasteiger partial charge in [-0.3, -0.25) is 0 Å². The lowest BCUT2D eigenvalue weighted by atomic mass is 9.98. The molecular formula is C20H21ClN2O2S. The van der Waals surface area contributed by atoms with E-state index in [2.05, 4.69) is 9.88 Å². The summed E-state index contributed by atoms with van der Waals surface area (Å²) in [5.74, 6) is 0.540. The summed E-state index contributed by atoms with van der Waals surface area (Å²) in [6.45, 7) is 2.84. The molecule has 0 atom stereocenters. The number of hydrogen-bond donors (Lipinski definition) is 1. The Morgan fingerprint density at radius 1 is 1.04 bits per heavy atom. The highest BCUT2D eigenvalue weighted by Crippen LogP contribution is 2.35. The molecule has 0 amide bonds. The molecule has 3 aromatic rings. The number of nitrogens with one attached hydrogen (secondary N) is 1. The van der Waals surface area contributed by atoms with E-state index < -0.39 is 9.84 Å². The molecule has 1 fully saturated rings. The Kier molecular flexibility index (Phi) is 4.78. The van der Waals surface area contributed by atoms with Crippen LogP contribution in [0.25, 0.3) is 10.9 Å². The van der Waals surface area contributed by atoms with Crippen molar-refractivity contribution in [3.05, 3.63) is 59.8 Å². The van der Waals surface area contributed by atoms with Crippen LogP contribution < -0.4 is 5.32 Å². The van der Waals surface area contributed by atoms with Crippen molar-refractivity contribution >= 4 is 32.3 Å². The van der Waals surface area contributed by atoms with Crippen LogP contribution in [0.15, 0.2) is 64.5 Å². The topological polar surface area (TPSA) is 51.1 Å². The maximum atomic E-state index is 13.2. The van der Waals surface area contributed by atoms with E-state index in [4.69, 9.17) is 11.6 Å². The molecule has 0 unspecified atom stereocenters. The first-order chi connectivity index (χ1) is 12.6. The van der Waals surface area contributed by atoms with Crippen molar-refractivity contribution in [2.45, 2.75) is 29.2 Å². The van der Waals surface area contributed by atoms with E-state index in [1.807, 2.05) is 18.2 Å². The summed E-state index contributed by atoms with van der Waals surface area (Å²) in [7, 11) is -3.63. The van der Waals surface area contributed by atoms with Gasteiger partial charge < -0.3 is 9.88 Å². The number of halogens is 1. The van der Waals surface area contributed by atoms with Crippen molar-refractivity contribution in [3.8, 4) is 0 Å². The van der Waals surface area contributed by atoms with Crippen molar-refractivity contribution in [1.82, 2.24) is 9.88 Å². The minimum atomic E-state index is -3.63. The van der Waals surface area contributed by atoms with Crippen LogP contribution >= 0.6 is 11.6 Å². The summed E-state index contributed by atoms with van der Waals surface area (Å²) >= 11 is 6.42. The molecule has 1 saturated heterocycles. The van der Waals surface area contributed by atoms with Gasteiger partial charge in [-0.25, -0.2) is 8.42 Å². The second-order valence-corrected chi connectivity index (χ2v) is 9.11. The van der Waals surface area contributed by atoms with Crippen LogP contribution in [0.2, 0.25) is 5.02 Å². The number of fused-ring (bicyclic) bond motifs is 1. The monoisotopic (exact) mass is 388 g/mol. The van der Waals surface area contributed by atoms with Crippen molar-refractivity contribution in [3.63, 3.8) is 0 Å². The molecule has 6 heteroatoms. The number of piperidine rings is 1. The van der Waals surface area contributed by atoms with Gasteiger partial charge in [-0.15, -0.1) is 0 Å². The van der Waals surface area contributed by atoms with Crippen LogP contribution in [0, 0.1) is 5.92 Å². The summed E-state index contributed by atoms with van der Waals surface area (Å²) in [4.78, 5) is 0.582. The third-order valence-corrected chi connectivity index (χ3v) is 7.17. The number of benzene rings is 2. The van der Waals surface area contributed by atoms with E-state index in [1.165, 1.54) is 0 Å². The maximum absolute atomic E-state index is 13.2. The molecule has 4 nitrogen and oxygen atoms in total. The molecule has 1 aliphatic rings. The Labute approximate surface area is 158 Å².